The molecule has 0 bridgehead atoms. The Morgan fingerprint density at radius 1 is 1.09 bits per heavy atom. The number of benzene rings is 2. The zero-order valence-electron chi connectivity index (χ0n) is 16.9. The summed E-state index contributed by atoms with van der Waals surface area (Å²) in [5.74, 6) is -2.15. The molecule has 2 aromatic carbocycles. The molecule has 32 heavy (non-hydrogen) atoms. The number of hydrogen-bond acceptors (Lipinski definition) is 4. The molecule has 8 nitrogen and oxygen atoms in total. The van der Waals surface area contributed by atoms with Crippen molar-refractivity contribution < 1.29 is 19.1 Å². The number of halogens is 2. The number of carbonyl (C=O) groups excluding carboxylic acids is 3. The Balaban J connectivity index is 1.56. The molecule has 1 fully saturated rings. The summed E-state index contributed by atoms with van der Waals surface area (Å²) >= 11 is 9.30. The first-order valence-corrected chi connectivity index (χ1v) is 11.2. The molecule has 0 spiro atoms. The molecule has 0 saturated carbocycles. The second-order valence-electron chi connectivity index (χ2n) is 7.32. The molecule has 0 radical (unpaired) electrons. The van der Waals surface area contributed by atoms with E-state index in [1.807, 2.05) is 6.07 Å². The Morgan fingerprint density at radius 3 is 2.59 bits per heavy atom. The van der Waals surface area contributed by atoms with Gasteiger partial charge in [-0.2, -0.15) is 0 Å². The first kappa shape index (κ1) is 22.3. The van der Waals surface area contributed by atoms with E-state index < -0.39 is 17.7 Å². The van der Waals surface area contributed by atoms with E-state index in [-0.39, 0.29) is 18.3 Å². The highest BCUT2D eigenvalue weighted by Gasteiger charge is 2.23. The van der Waals surface area contributed by atoms with Gasteiger partial charge in [-0.05, 0) is 61.4 Å². The van der Waals surface area contributed by atoms with Crippen molar-refractivity contribution in [3.05, 3.63) is 63.7 Å². The SMILES string of the molecule is O=C(NC[C@@H]1CCCO1)C(=O)Nn1c(C(=O)Nc2ccc(Cl)cc2)cc2cc(Br)ccc21. The maximum Gasteiger partial charge on any atom is 0.328 e. The lowest BCUT2D eigenvalue weighted by molar-refractivity contribution is -0.136. The van der Waals surface area contributed by atoms with Gasteiger partial charge in [0.15, 0.2) is 0 Å². The van der Waals surface area contributed by atoms with Crippen molar-refractivity contribution in [3.8, 4) is 0 Å². The summed E-state index contributed by atoms with van der Waals surface area (Å²) in [6, 6.07) is 13.6. The van der Waals surface area contributed by atoms with Crippen LogP contribution in [0.5, 0.6) is 0 Å². The van der Waals surface area contributed by atoms with Crippen LogP contribution in [0.1, 0.15) is 23.3 Å². The van der Waals surface area contributed by atoms with Gasteiger partial charge >= 0.3 is 11.8 Å². The minimum absolute atomic E-state index is 0.0859. The normalized spacial score (nSPS) is 15.5. The van der Waals surface area contributed by atoms with E-state index in [9.17, 15) is 14.4 Å². The van der Waals surface area contributed by atoms with Crippen LogP contribution < -0.4 is 16.1 Å². The third-order valence-corrected chi connectivity index (χ3v) is 5.78. The van der Waals surface area contributed by atoms with Crippen molar-refractivity contribution in [2.75, 3.05) is 23.9 Å². The molecular weight excluding hydrogens is 500 g/mol. The van der Waals surface area contributed by atoms with Gasteiger partial charge in [-0.25, -0.2) is 4.68 Å². The number of rotatable bonds is 5. The van der Waals surface area contributed by atoms with Gasteiger partial charge in [0.25, 0.3) is 5.91 Å². The topological polar surface area (TPSA) is 101 Å². The van der Waals surface area contributed by atoms with Crippen LogP contribution in [0.15, 0.2) is 53.0 Å². The molecule has 166 valence electrons. The summed E-state index contributed by atoms with van der Waals surface area (Å²) in [5.41, 5.74) is 3.80. The molecule has 10 heteroatoms. The van der Waals surface area contributed by atoms with Gasteiger partial charge in [-0.1, -0.05) is 27.5 Å². The maximum absolute atomic E-state index is 13.0. The van der Waals surface area contributed by atoms with Crippen molar-refractivity contribution >= 4 is 61.8 Å². The lowest BCUT2D eigenvalue weighted by atomic mass is 10.2. The number of nitrogens with one attached hydrogen (secondary N) is 3. The summed E-state index contributed by atoms with van der Waals surface area (Å²) in [4.78, 5) is 37.8. The predicted octanol–water partition coefficient (Wildman–Crippen LogP) is 3.67. The van der Waals surface area contributed by atoms with Crippen LogP contribution in [0.25, 0.3) is 10.9 Å². The molecule has 3 amide bonds. The highest BCUT2D eigenvalue weighted by atomic mass is 79.9. The summed E-state index contributed by atoms with van der Waals surface area (Å²) in [5, 5.41) is 6.60. The Hall–Kier alpha value is -2.88. The number of anilines is 1. The van der Waals surface area contributed by atoms with Crippen LogP contribution in [0, 0.1) is 0 Å². The van der Waals surface area contributed by atoms with Crippen LogP contribution in [0.2, 0.25) is 5.02 Å². The molecule has 4 rings (SSSR count). The largest absolute Gasteiger partial charge is 0.376 e. The molecule has 3 N–H and O–H groups in total. The highest BCUT2D eigenvalue weighted by Crippen LogP contribution is 2.24. The molecule has 0 aliphatic carbocycles. The van der Waals surface area contributed by atoms with Gasteiger partial charge in [-0.15, -0.1) is 0 Å². The van der Waals surface area contributed by atoms with E-state index >= 15 is 0 Å². The third kappa shape index (κ3) is 5.12. The summed E-state index contributed by atoms with van der Waals surface area (Å²) < 4.78 is 7.57. The second kappa shape index (κ2) is 9.72. The average Bonchev–Trinajstić information content (AvgIpc) is 3.41. The quantitative estimate of drug-likeness (QED) is 0.448. The highest BCUT2D eigenvalue weighted by molar-refractivity contribution is 9.10. The zero-order chi connectivity index (χ0) is 22.7. The molecule has 1 aliphatic rings. The Bertz CT molecular complexity index is 1170. The molecule has 1 atom stereocenters. The monoisotopic (exact) mass is 518 g/mol. The smallest absolute Gasteiger partial charge is 0.328 e. The van der Waals surface area contributed by atoms with Gasteiger partial charge in [0.05, 0.1) is 11.6 Å². The fraction of sp³-hybridized carbons (Fsp3) is 0.227. The minimum atomic E-state index is -0.885. The van der Waals surface area contributed by atoms with Gasteiger partial charge in [0.1, 0.15) is 5.69 Å². The lowest BCUT2D eigenvalue weighted by Gasteiger charge is -2.14. The fourth-order valence-corrected chi connectivity index (χ4v) is 3.95. The molecule has 1 aromatic heterocycles. The van der Waals surface area contributed by atoms with Gasteiger partial charge < -0.3 is 15.4 Å². The molecule has 1 saturated heterocycles. The number of fused-ring (bicyclic) bond motifs is 1. The van der Waals surface area contributed by atoms with Crippen LogP contribution in [0.3, 0.4) is 0 Å². The van der Waals surface area contributed by atoms with E-state index in [1.165, 1.54) is 4.68 Å². The second-order valence-corrected chi connectivity index (χ2v) is 8.67. The third-order valence-electron chi connectivity index (χ3n) is 5.03. The Kier molecular flexibility index (Phi) is 6.78. The molecule has 0 unspecified atom stereocenters. The van der Waals surface area contributed by atoms with Crippen molar-refractivity contribution in [2.45, 2.75) is 18.9 Å². The lowest BCUT2D eigenvalue weighted by Crippen LogP contribution is -2.42. The average molecular weight is 520 g/mol. The summed E-state index contributed by atoms with van der Waals surface area (Å²) in [6.07, 6.45) is 1.69. The number of hydrogen-bond donors (Lipinski definition) is 3. The number of aromatic nitrogens is 1. The minimum Gasteiger partial charge on any atom is -0.376 e. The maximum atomic E-state index is 13.0. The van der Waals surface area contributed by atoms with E-state index in [1.54, 1.807) is 42.5 Å². The summed E-state index contributed by atoms with van der Waals surface area (Å²) in [6.45, 7) is 0.916. The van der Waals surface area contributed by atoms with Gasteiger partial charge in [-0.3, -0.25) is 19.8 Å². The first-order chi connectivity index (χ1) is 15.4. The van der Waals surface area contributed by atoms with E-state index in [4.69, 9.17) is 16.3 Å². The van der Waals surface area contributed by atoms with Crippen LogP contribution in [-0.2, 0) is 14.3 Å². The van der Waals surface area contributed by atoms with Crippen molar-refractivity contribution in [3.63, 3.8) is 0 Å². The van der Waals surface area contributed by atoms with E-state index in [2.05, 4.69) is 32.0 Å². The molecule has 2 heterocycles. The summed E-state index contributed by atoms with van der Waals surface area (Å²) in [7, 11) is 0. The van der Waals surface area contributed by atoms with Crippen molar-refractivity contribution in [1.29, 1.82) is 0 Å². The number of carbonyl (C=O) groups is 3. The van der Waals surface area contributed by atoms with Crippen LogP contribution in [-0.4, -0.2) is 41.7 Å². The van der Waals surface area contributed by atoms with E-state index in [0.29, 0.717) is 28.2 Å². The zero-order valence-corrected chi connectivity index (χ0v) is 19.2. The molecule has 1 aliphatic heterocycles. The van der Waals surface area contributed by atoms with Crippen molar-refractivity contribution in [1.82, 2.24) is 9.99 Å². The van der Waals surface area contributed by atoms with Crippen LogP contribution in [0.4, 0.5) is 5.69 Å². The standard InChI is InChI=1S/C22H20BrClN4O4/c23-14-3-8-18-13(10-14)11-19(20(29)26-16-6-4-15(24)5-7-16)28(18)27-22(31)21(30)25-12-17-2-1-9-32-17/h3-8,10-11,17H,1-2,9,12H2,(H,25,30)(H,26,29)(H,27,31)/t17-/m0/s1. The molecule has 3 aromatic rings. The van der Waals surface area contributed by atoms with Crippen molar-refractivity contribution in [2.24, 2.45) is 0 Å². The predicted molar refractivity (Wildman–Crippen MR) is 125 cm³/mol. The number of nitrogens with zero attached hydrogens (tertiary/aromatic N) is 1. The van der Waals surface area contributed by atoms with Gasteiger partial charge in [0, 0.05) is 33.7 Å². The number of amides is 3. The first-order valence-electron chi connectivity index (χ1n) is 9.99. The Morgan fingerprint density at radius 2 is 1.88 bits per heavy atom. The van der Waals surface area contributed by atoms with Crippen LogP contribution >= 0.6 is 27.5 Å². The number of ether oxygens (including phenoxy) is 1. The van der Waals surface area contributed by atoms with Gasteiger partial charge in [0.2, 0.25) is 0 Å². The van der Waals surface area contributed by atoms with E-state index in [0.717, 1.165) is 17.3 Å². The fourth-order valence-electron chi connectivity index (χ4n) is 3.45. The Labute approximate surface area is 197 Å². The molecular formula is C22H20BrClN4O4.